The van der Waals surface area contributed by atoms with Crippen LogP contribution in [-0.4, -0.2) is 19.0 Å². The van der Waals surface area contributed by atoms with Gasteiger partial charge in [-0.3, -0.25) is 4.79 Å². The first kappa shape index (κ1) is 14.0. The zero-order valence-corrected chi connectivity index (χ0v) is 11.5. The van der Waals surface area contributed by atoms with Gasteiger partial charge in [-0.15, -0.1) is 0 Å². The van der Waals surface area contributed by atoms with Crippen molar-refractivity contribution in [1.82, 2.24) is 5.32 Å². The van der Waals surface area contributed by atoms with Gasteiger partial charge >= 0.3 is 0 Å². The largest absolute Gasteiger partial charge is 0.322 e. The number of carbonyl (C=O) groups excluding carboxylic acids is 1. The lowest BCUT2D eigenvalue weighted by Gasteiger charge is -2.19. The molecule has 0 atom stereocenters. The van der Waals surface area contributed by atoms with E-state index in [0.717, 1.165) is 6.54 Å². The number of para-hydroxylation sites is 1. The molecule has 0 unspecified atom stereocenters. The number of carbonyl (C=O) groups is 1. The molecule has 0 saturated heterocycles. The molecule has 1 aliphatic carbocycles. The first-order valence-corrected chi connectivity index (χ1v) is 6.79. The second-order valence-corrected chi connectivity index (χ2v) is 5.65. The molecule has 1 saturated carbocycles. The predicted molar refractivity (Wildman–Crippen MR) is 74.4 cm³/mol. The van der Waals surface area contributed by atoms with Gasteiger partial charge in [-0.2, -0.15) is 0 Å². The van der Waals surface area contributed by atoms with Gasteiger partial charge in [0.25, 0.3) is 0 Å². The fraction of sp³-hybridized carbons (Fsp3) is 0.533. The van der Waals surface area contributed by atoms with Crippen molar-refractivity contribution in [3.63, 3.8) is 0 Å². The number of hydrogen-bond donors (Lipinski definition) is 2. The highest BCUT2D eigenvalue weighted by molar-refractivity contribution is 5.92. The first-order chi connectivity index (χ1) is 9.03. The van der Waals surface area contributed by atoms with Crippen molar-refractivity contribution < 1.29 is 9.18 Å². The maximum Gasteiger partial charge on any atom is 0.238 e. The van der Waals surface area contributed by atoms with Gasteiger partial charge in [0, 0.05) is 6.54 Å². The SMILES string of the molecule is CC(C)C1(CNCC(=O)Nc2ccccc2F)CC1. The van der Waals surface area contributed by atoms with Crippen LogP contribution >= 0.6 is 0 Å². The number of nitrogens with one attached hydrogen (secondary N) is 2. The van der Waals surface area contributed by atoms with E-state index in [9.17, 15) is 9.18 Å². The van der Waals surface area contributed by atoms with Crippen molar-refractivity contribution in [1.29, 1.82) is 0 Å². The summed E-state index contributed by atoms with van der Waals surface area (Å²) in [6, 6.07) is 6.19. The van der Waals surface area contributed by atoms with Crippen LogP contribution in [0.5, 0.6) is 0 Å². The van der Waals surface area contributed by atoms with Crippen molar-refractivity contribution in [3.8, 4) is 0 Å². The topological polar surface area (TPSA) is 41.1 Å². The Kier molecular flexibility index (Phi) is 4.20. The highest BCUT2D eigenvalue weighted by atomic mass is 19.1. The Labute approximate surface area is 113 Å². The Balaban J connectivity index is 1.75. The lowest BCUT2D eigenvalue weighted by molar-refractivity contribution is -0.115. The molecule has 0 aliphatic heterocycles. The van der Waals surface area contributed by atoms with Gasteiger partial charge in [0.1, 0.15) is 5.82 Å². The summed E-state index contributed by atoms with van der Waals surface area (Å²) < 4.78 is 13.3. The summed E-state index contributed by atoms with van der Waals surface area (Å²) in [6.07, 6.45) is 2.46. The predicted octanol–water partition coefficient (Wildman–Crippen LogP) is 2.79. The molecular weight excluding hydrogens is 243 g/mol. The van der Waals surface area contributed by atoms with Crippen LogP contribution in [-0.2, 0) is 4.79 Å². The second kappa shape index (κ2) is 5.70. The molecule has 3 nitrogen and oxygen atoms in total. The number of benzene rings is 1. The van der Waals surface area contributed by atoms with E-state index < -0.39 is 5.82 Å². The third kappa shape index (κ3) is 3.53. The van der Waals surface area contributed by atoms with Gasteiger partial charge in [-0.1, -0.05) is 26.0 Å². The second-order valence-electron chi connectivity index (χ2n) is 5.65. The number of anilines is 1. The number of rotatable bonds is 6. The fourth-order valence-corrected chi connectivity index (χ4v) is 2.30. The molecule has 1 aliphatic rings. The molecule has 1 aromatic carbocycles. The number of amides is 1. The molecule has 2 N–H and O–H groups in total. The number of hydrogen-bond acceptors (Lipinski definition) is 2. The highest BCUT2D eigenvalue weighted by Gasteiger charge is 2.44. The summed E-state index contributed by atoms with van der Waals surface area (Å²) in [5, 5.41) is 5.74. The smallest absolute Gasteiger partial charge is 0.238 e. The van der Waals surface area contributed by atoms with E-state index in [0.29, 0.717) is 11.3 Å². The van der Waals surface area contributed by atoms with E-state index in [4.69, 9.17) is 0 Å². The zero-order valence-electron chi connectivity index (χ0n) is 11.5. The number of halogens is 1. The Morgan fingerprint density at radius 2 is 2.05 bits per heavy atom. The molecule has 0 heterocycles. The van der Waals surface area contributed by atoms with Crippen molar-refractivity contribution in [2.75, 3.05) is 18.4 Å². The highest BCUT2D eigenvalue weighted by Crippen LogP contribution is 2.51. The van der Waals surface area contributed by atoms with Crippen LogP contribution in [0.4, 0.5) is 10.1 Å². The van der Waals surface area contributed by atoms with Crippen LogP contribution in [0.25, 0.3) is 0 Å². The molecule has 104 valence electrons. The summed E-state index contributed by atoms with van der Waals surface area (Å²) in [4.78, 5) is 11.7. The summed E-state index contributed by atoms with van der Waals surface area (Å²) >= 11 is 0. The molecule has 1 amide bonds. The van der Waals surface area contributed by atoms with Crippen LogP contribution < -0.4 is 10.6 Å². The van der Waals surface area contributed by atoms with Gasteiger partial charge in [0.15, 0.2) is 0 Å². The van der Waals surface area contributed by atoms with Gasteiger partial charge in [0.05, 0.1) is 12.2 Å². The monoisotopic (exact) mass is 264 g/mol. The molecule has 0 radical (unpaired) electrons. The maximum atomic E-state index is 13.3. The van der Waals surface area contributed by atoms with Crippen molar-refractivity contribution in [2.45, 2.75) is 26.7 Å². The molecule has 0 spiro atoms. The average molecular weight is 264 g/mol. The fourth-order valence-electron chi connectivity index (χ4n) is 2.30. The average Bonchev–Trinajstić information content (AvgIpc) is 3.13. The van der Waals surface area contributed by atoms with E-state index in [1.165, 1.54) is 18.9 Å². The van der Waals surface area contributed by atoms with E-state index >= 15 is 0 Å². The molecule has 0 aromatic heterocycles. The zero-order chi connectivity index (χ0) is 13.9. The van der Waals surface area contributed by atoms with Crippen LogP contribution in [0.2, 0.25) is 0 Å². The molecule has 4 heteroatoms. The minimum Gasteiger partial charge on any atom is -0.322 e. The van der Waals surface area contributed by atoms with Gasteiger partial charge in [-0.05, 0) is 36.3 Å². The molecule has 1 aromatic rings. The standard InChI is InChI=1S/C15H21FN2O/c1-11(2)15(7-8-15)10-17-9-14(19)18-13-6-4-3-5-12(13)16/h3-6,11,17H,7-10H2,1-2H3,(H,18,19). The van der Waals surface area contributed by atoms with Crippen molar-refractivity contribution in [3.05, 3.63) is 30.1 Å². The Morgan fingerprint density at radius 3 is 2.63 bits per heavy atom. The van der Waals surface area contributed by atoms with Crippen molar-refractivity contribution >= 4 is 11.6 Å². The summed E-state index contributed by atoms with van der Waals surface area (Å²) in [5.74, 6) is 0.0241. The molecule has 0 bridgehead atoms. The van der Waals surface area contributed by atoms with E-state index in [2.05, 4.69) is 24.5 Å². The quantitative estimate of drug-likeness (QED) is 0.829. The Bertz CT molecular complexity index is 455. The summed E-state index contributed by atoms with van der Waals surface area (Å²) in [7, 11) is 0. The maximum absolute atomic E-state index is 13.3. The Hall–Kier alpha value is -1.42. The minimum atomic E-state index is -0.406. The molecular formula is C15H21FN2O. The molecule has 19 heavy (non-hydrogen) atoms. The third-order valence-electron chi connectivity index (χ3n) is 4.03. The lowest BCUT2D eigenvalue weighted by Crippen LogP contribution is -2.34. The van der Waals surface area contributed by atoms with Crippen LogP contribution in [0.15, 0.2) is 24.3 Å². The van der Waals surface area contributed by atoms with Crippen molar-refractivity contribution in [2.24, 2.45) is 11.3 Å². The lowest BCUT2D eigenvalue weighted by atomic mass is 9.92. The first-order valence-electron chi connectivity index (χ1n) is 6.79. The van der Waals surface area contributed by atoms with Crippen LogP contribution in [0.3, 0.4) is 0 Å². The summed E-state index contributed by atoms with van der Waals surface area (Å²) in [6.45, 7) is 5.51. The third-order valence-corrected chi connectivity index (χ3v) is 4.03. The van der Waals surface area contributed by atoms with E-state index in [1.807, 2.05) is 0 Å². The Morgan fingerprint density at radius 1 is 1.37 bits per heavy atom. The minimum absolute atomic E-state index is 0.204. The van der Waals surface area contributed by atoms with Crippen LogP contribution in [0.1, 0.15) is 26.7 Å². The van der Waals surface area contributed by atoms with Gasteiger partial charge in [0.2, 0.25) is 5.91 Å². The molecule has 1 fully saturated rings. The summed E-state index contributed by atoms with van der Waals surface area (Å²) in [5.41, 5.74) is 0.609. The van der Waals surface area contributed by atoms with Crippen LogP contribution in [0, 0.1) is 17.2 Å². The van der Waals surface area contributed by atoms with Gasteiger partial charge < -0.3 is 10.6 Å². The van der Waals surface area contributed by atoms with E-state index in [-0.39, 0.29) is 18.1 Å². The molecule has 2 rings (SSSR count). The van der Waals surface area contributed by atoms with Gasteiger partial charge in [-0.25, -0.2) is 4.39 Å². The van der Waals surface area contributed by atoms with E-state index in [1.54, 1.807) is 18.2 Å². The normalized spacial score (nSPS) is 16.4.